The number of carbonyl (C=O) groups excluding carboxylic acids is 1. The first-order valence-corrected chi connectivity index (χ1v) is 11.8. The summed E-state index contributed by atoms with van der Waals surface area (Å²) in [6, 6.07) is 11.9. The molecule has 31 heavy (non-hydrogen) atoms. The Hall–Kier alpha value is -2.28. The van der Waals surface area contributed by atoms with Crippen molar-refractivity contribution in [2.45, 2.75) is 51.6 Å². The number of hydrogen-bond acceptors (Lipinski definition) is 5. The molecule has 4 rings (SSSR count). The summed E-state index contributed by atoms with van der Waals surface area (Å²) in [4.78, 5) is 24.2. The third-order valence-electron chi connectivity index (χ3n) is 5.61. The zero-order valence-corrected chi connectivity index (χ0v) is 19.6. The Labute approximate surface area is 192 Å². The van der Waals surface area contributed by atoms with Gasteiger partial charge in [0.2, 0.25) is 0 Å². The second-order valence-electron chi connectivity index (χ2n) is 8.96. The number of anilines is 1. The normalized spacial score (nSPS) is 17.1. The smallest absolute Gasteiger partial charge is 0.257 e. The highest BCUT2D eigenvalue weighted by atomic mass is 35.5. The van der Waals surface area contributed by atoms with Gasteiger partial charge in [0.15, 0.2) is 5.13 Å². The molecule has 0 radical (unpaired) electrons. The van der Waals surface area contributed by atoms with E-state index in [0.29, 0.717) is 15.7 Å². The molecule has 2 aromatic heterocycles. The van der Waals surface area contributed by atoms with E-state index in [2.05, 4.69) is 41.4 Å². The van der Waals surface area contributed by atoms with Gasteiger partial charge in [-0.1, -0.05) is 44.5 Å². The van der Waals surface area contributed by atoms with E-state index < -0.39 is 0 Å². The van der Waals surface area contributed by atoms with E-state index in [4.69, 9.17) is 16.6 Å². The summed E-state index contributed by atoms with van der Waals surface area (Å²) in [6.07, 6.45) is 3.86. The molecule has 1 aromatic carbocycles. The first-order valence-electron chi connectivity index (χ1n) is 10.5. The lowest BCUT2D eigenvalue weighted by Gasteiger charge is -2.22. The van der Waals surface area contributed by atoms with Gasteiger partial charge in [0.25, 0.3) is 5.91 Å². The number of pyridine rings is 1. The molecule has 0 spiro atoms. The van der Waals surface area contributed by atoms with E-state index >= 15 is 0 Å². The lowest BCUT2D eigenvalue weighted by atomic mass is 9.87. The van der Waals surface area contributed by atoms with Crippen molar-refractivity contribution in [1.29, 1.82) is 0 Å². The van der Waals surface area contributed by atoms with Crippen LogP contribution in [0.25, 0.3) is 0 Å². The first-order chi connectivity index (χ1) is 14.8. The van der Waals surface area contributed by atoms with Crippen LogP contribution in [0.4, 0.5) is 5.13 Å². The van der Waals surface area contributed by atoms with Crippen molar-refractivity contribution < 1.29 is 4.79 Å². The number of thiazole rings is 1. The van der Waals surface area contributed by atoms with E-state index in [1.165, 1.54) is 16.9 Å². The number of likely N-dealkylation sites (tertiary alicyclic amines) is 1. The minimum absolute atomic E-state index is 0.0634. The van der Waals surface area contributed by atoms with Crippen LogP contribution in [0, 0.1) is 0 Å². The van der Waals surface area contributed by atoms with Crippen molar-refractivity contribution in [2.24, 2.45) is 0 Å². The minimum Gasteiger partial charge on any atom is -0.298 e. The number of aromatic nitrogens is 2. The predicted molar refractivity (Wildman–Crippen MR) is 127 cm³/mol. The summed E-state index contributed by atoms with van der Waals surface area (Å²) >= 11 is 7.42. The molecule has 0 bridgehead atoms. The Kier molecular flexibility index (Phi) is 6.42. The Morgan fingerprint density at radius 2 is 2.00 bits per heavy atom. The number of amides is 1. The molecule has 0 saturated carbocycles. The van der Waals surface area contributed by atoms with Crippen LogP contribution in [0.2, 0.25) is 5.02 Å². The number of carbonyl (C=O) groups is 1. The van der Waals surface area contributed by atoms with E-state index in [1.807, 2.05) is 36.4 Å². The van der Waals surface area contributed by atoms with Crippen molar-refractivity contribution in [1.82, 2.24) is 14.9 Å². The van der Waals surface area contributed by atoms with Crippen LogP contribution in [0.15, 0.2) is 48.0 Å². The minimum atomic E-state index is -0.130. The quantitative estimate of drug-likeness (QED) is 0.507. The molecule has 3 aromatic rings. The van der Waals surface area contributed by atoms with E-state index in [9.17, 15) is 4.79 Å². The average molecular weight is 455 g/mol. The molecule has 162 valence electrons. The highest BCUT2D eigenvalue weighted by molar-refractivity contribution is 7.14. The van der Waals surface area contributed by atoms with Crippen molar-refractivity contribution in [3.8, 4) is 0 Å². The lowest BCUT2D eigenvalue weighted by molar-refractivity contribution is 0.102. The third-order valence-corrected chi connectivity index (χ3v) is 6.61. The zero-order valence-electron chi connectivity index (χ0n) is 18.1. The van der Waals surface area contributed by atoms with Gasteiger partial charge in [-0.05, 0) is 54.6 Å². The fourth-order valence-corrected chi connectivity index (χ4v) is 4.71. The van der Waals surface area contributed by atoms with Gasteiger partial charge in [-0.15, -0.1) is 11.3 Å². The first kappa shape index (κ1) is 21.9. The number of nitrogens with one attached hydrogen (secondary N) is 1. The number of nitrogens with zero attached hydrogens (tertiary/aromatic N) is 3. The van der Waals surface area contributed by atoms with Gasteiger partial charge in [-0.3, -0.25) is 20.0 Å². The van der Waals surface area contributed by atoms with Crippen LogP contribution in [-0.4, -0.2) is 27.3 Å². The molecule has 1 amide bonds. The summed E-state index contributed by atoms with van der Waals surface area (Å²) < 4.78 is 0. The molecular formula is C24H27ClN4OS. The molecule has 1 saturated heterocycles. The summed E-state index contributed by atoms with van der Waals surface area (Å²) in [5.74, 6) is -0.130. The van der Waals surface area contributed by atoms with Crippen LogP contribution in [0.3, 0.4) is 0 Å². The van der Waals surface area contributed by atoms with E-state index in [0.717, 1.165) is 37.3 Å². The number of rotatable bonds is 5. The van der Waals surface area contributed by atoms with Crippen LogP contribution < -0.4 is 5.32 Å². The largest absolute Gasteiger partial charge is 0.298 e. The van der Waals surface area contributed by atoms with Gasteiger partial charge in [0, 0.05) is 23.7 Å². The zero-order chi connectivity index (χ0) is 22.0. The molecule has 1 N–H and O–H groups in total. The molecule has 1 atom stereocenters. The maximum absolute atomic E-state index is 12.7. The molecule has 1 fully saturated rings. The Balaban J connectivity index is 1.41. The van der Waals surface area contributed by atoms with Crippen molar-refractivity contribution in [2.75, 3.05) is 11.9 Å². The number of halogens is 1. The van der Waals surface area contributed by atoms with Gasteiger partial charge in [0.1, 0.15) is 0 Å². The second kappa shape index (κ2) is 9.07. The highest BCUT2D eigenvalue weighted by Crippen LogP contribution is 2.34. The van der Waals surface area contributed by atoms with Gasteiger partial charge in [-0.2, -0.15) is 0 Å². The second-order valence-corrected chi connectivity index (χ2v) is 10.2. The number of benzene rings is 1. The third kappa shape index (κ3) is 5.32. The van der Waals surface area contributed by atoms with Crippen molar-refractivity contribution >= 4 is 34.0 Å². The summed E-state index contributed by atoms with van der Waals surface area (Å²) in [5, 5.41) is 6.29. The van der Waals surface area contributed by atoms with Crippen LogP contribution in [-0.2, 0) is 12.0 Å². The van der Waals surface area contributed by atoms with Gasteiger partial charge in [-0.25, -0.2) is 4.98 Å². The Morgan fingerprint density at radius 1 is 1.23 bits per heavy atom. The maximum atomic E-state index is 12.7. The van der Waals surface area contributed by atoms with Crippen LogP contribution in [0.5, 0.6) is 0 Å². The fourth-order valence-electron chi connectivity index (χ4n) is 3.85. The topological polar surface area (TPSA) is 58.1 Å². The maximum Gasteiger partial charge on any atom is 0.257 e. The predicted octanol–water partition coefficient (Wildman–Crippen LogP) is 6.08. The molecule has 1 aliphatic heterocycles. The van der Waals surface area contributed by atoms with Crippen LogP contribution in [0.1, 0.15) is 67.0 Å². The lowest BCUT2D eigenvalue weighted by Crippen LogP contribution is -2.23. The number of hydrogen-bond donors (Lipinski definition) is 1. The molecule has 0 unspecified atom stereocenters. The molecule has 7 heteroatoms. The Morgan fingerprint density at radius 3 is 2.68 bits per heavy atom. The van der Waals surface area contributed by atoms with Gasteiger partial charge in [0.05, 0.1) is 22.5 Å². The fraction of sp³-hybridized carbons (Fsp3) is 0.375. The summed E-state index contributed by atoms with van der Waals surface area (Å²) in [7, 11) is 0. The van der Waals surface area contributed by atoms with Gasteiger partial charge < -0.3 is 0 Å². The van der Waals surface area contributed by atoms with E-state index in [-0.39, 0.29) is 17.4 Å². The summed E-state index contributed by atoms with van der Waals surface area (Å²) in [6.45, 7) is 8.26. The molecular weight excluding hydrogens is 428 g/mol. The monoisotopic (exact) mass is 454 g/mol. The van der Waals surface area contributed by atoms with Crippen molar-refractivity contribution in [3.05, 3.63) is 75.5 Å². The molecule has 5 nitrogen and oxygen atoms in total. The highest BCUT2D eigenvalue weighted by Gasteiger charge is 2.28. The molecule has 1 aliphatic rings. The average Bonchev–Trinajstić information content (AvgIpc) is 3.38. The molecule has 3 heterocycles. The molecule has 0 aliphatic carbocycles. The standard InChI is InChI=1S/C24H27ClN4OS/c1-24(2,3)17-8-6-16(7-9-17)22(30)28-23-27-20(15-31-23)21-5-4-12-29(21)14-19-11-10-18(25)13-26-19/h6-11,13,15,21H,4-5,12,14H2,1-3H3,(H,27,28,30)/t21-/m0/s1. The van der Waals surface area contributed by atoms with Crippen molar-refractivity contribution in [3.63, 3.8) is 0 Å². The Bertz CT molecular complexity index is 1040. The summed E-state index contributed by atoms with van der Waals surface area (Å²) in [5.41, 5.74) is 3.92. The van der Waals surface area contributed by atoms with Gasteiger partial charge >= 0.3 is 0 Å². The van der Waals surface area contributed by atoms with E-state index in [1.54, 1.807) is 6.20 Å². The SMILES string of the molecule is CC(C)(C)c1ccc(C(=O)Nc2nc([C@@H]3CCCN3Cc3ccc(Cl)cn3)cs2)cc1. The van der Waals surface area contributed by atoms with Crippen LogP contribution >= 0.6 is 22.9 Å².